The Morgan fingerprint density at radius 1 is 0.606 bits per heavy atom. The summed E-state index contributed by atoms with van der Waals surface area (Å²) in [6.07, 6.45) is 5.20. The molecule has 0 aromatic heterocycles. The molecule has 4 aromatic carbocycles. The summed E-state index contributed by atoms with van der Waals surface area (Å²) in [7, 11) is 0. The molecule has 0 unspecified atom stereocenters. The lowest BCUT2D eigenvalue weighted by molar-refractivity contribution is 0.550. The van der Waals surface area contributed by atoms with Crippen LogP contribution in [0.3, 0.4) is 0 Å². The van der Waals surface area contributed by atoms with Gasteiger partial charge in [-0.15, -0.1) is 0 Å². The van der Waals surface area contributed by atoms with E-state index >= 15 is 0 Å². The molecule has 1 heteroatoms. The summed E-state index contributed by atoms with van der Waals surface area (Å²) in [4.78, 5) is 2.49. The molecule has 1 saturated carbocycles. The minimum atomic E-state index is 0.210. The molecule has 0 saturated heterocycles. The van der Waals surface area contributed by atoms with E-state index < -0.39 is 0 Å². The van der Waals surface area contributed by atoms with Crippen LogP contribution in [0.5, 0.6) is 0 Å². The normalized spacial score (nSPS) is 15.6. The Kier molecular flexibility index (Phi) is 4.87. The fourth-order valence-electron chi connectivity index (χ4n) is 6.30. The SMILES string of the molecule is CC(C)N(c1ccc(-c2ccccc2)cc1)c1ccc2c(c1)C1(CCCC1)c1ccccc1-2. The third-order valence-electron chi connectivity index (χ3n) is 7.76. The minimum Gasteiger partial charge on any atom is -0.339 e. The van der Waals surface area contributed by atoms with Gasteiger partial charge in [0.05, 0.1) is 0 Å². The van der Waals surface area contributed by atoms with Crippen molar-refractivity contribution in [2.45, 2.75) is 51.0 Å². The zero-order valence-electron chi connectivity index (χ0n) is 19.6. The summed E-state index contributed by atoms with van der Waals surface area (Å²) in [5.74, 6) is 0. The Morgan fingerprint density at radius 2 is 1.21 bits per heavy atom. The van der Waals surface area contributed by atoms with E-state index in [1.54, 1.807) is 11.1 Å². The molecule has 164 valence electrons. The number of fused-ring (bicyclic) bond motifs is 5. The monoisotopic (exact) mass is 429 g/mol. The smallest absolute Gasteiger partial charge is 0.0416 e. The van der Waals surface area contributed by atoms with Crippen LogP contribution in [-0.2, 0) is 5.41 Å². The van der Waals surface area contributed by atoms with Gasteiger partial charge in [-0.25, -0.2) is 0 Å². The first-order valence-corrected chi connectivity index (χ1v) is 12.4. The largest absolute Gasteiger partial charge is 0.339 e. The quantitative estimate of drug-likeness (QED) is 0.313. The highest BCUT2D eigenvalue weighted by Crippen LogP contribution is 2.57. The molecule has 4 aromatic rings. The zero-order valence-corrected chi connectivity index (χ0v) is 19.6. The van der Waals surface area contributed by atoms with Crippen molar-refractivity contribution in [1.29, 1.82) is 0 Å². The van der Waals surface area contributed by atoms with Crippen LogP contribution in [0.25, 0.3) is 22.3 Å². The first-order valence-electron chi connectivity index (χ1n) is 12.4. The van der Waals surface area contributed by atoms with Crippen LogP contribution in [0.1, 0.15) is 50.7 Å². The summed E-state index contributed by atoms with van der Waals surface area (Å²) < 4.78 is 0. The molecule has 2 aliphatic carbocycles. The molecule has 0 heterocycles. The standard InChI is InChI=1S/C32H31N/c1-23(2)33(26-16-14-25(15-17-26)24-10-4-3-5-11-24)27-18-19-29-28-12-6-7-13-30(28)32(31(29)22-27)20-8-9-21-32/h3-7,10-19,22-23H,8-9,20-21H2,1-2H3. The van der Waals surface area contributed by atoms with Crippen molar-refractivity contribution in [2.24, 2.45) is 0 Å². The molecular formula is C32H31N. The molecule has 0 radical (unpaired) electrons. The first-order chi connectivity index (χ1) is 16.2. The fourth-order valence-corrected chi connectivity index (χ4v) is 6.30. The molecular weight excluding hydrogens is 398 g/mol. The molecule has 0 atom stereocenters. The van der Waals surface area contributed by atoms with Gasteiger partial charge < -0.3 is 4.90 Å². The predicted molar refractivity (Wildman–Crippen MR) is 140 cm³/mol. The van der Waals surface area contributed by atoms with Gasteiger partial charge in [0.25, 0.3) is 0 Å². The van der Waals surface area contributed by atoms with Gasteiger partial charge in [-0.05, 0) is 84.3 Å². The van der Waals surface area contributed by atoms with Gasteiger partial charge >= 0.3 is 0 Å². The third-order valence-corrected chi connectivity index (χ3v) is 7.76. The number of nitrogens with zero attached hydrogens (tertiary/aromatic N) is 1. The third kappa shape index (κ3) is 3.22. The molecule has 0 aliphatic heterocycles. The van der Waals surface area contributed by atoms with Crippen molar-refractivity contribution in [3.63, 3.8) is 0 Å². The van der Waals surface area contributed by atoms with Crippen LogP contribution in [-0.4, -0.2) is 6.04 Å². The van der Waals surface area contributed by atoms with Crippen molar-refractivity contribution in [3.8, 4) is 22.3 Å². The van der Waals surface area contributed by atoms with Crippen molar-refractivity contribution in [2.75, 3.05) is 4.90 Å². The molecule has 6 rings (SSSR count). The second-order valence-corrected chi connectivity index (χ2v) is 9.94. The molecule has 1 spiro atoms. The number of benzene rings is 4. The van der Waals surface area contributed by atoms with Crippen LogP contribution in [0.2, 0.25) is 0 Å². The van der Waals surface area contributed by atoms with Gasteiger partial charge in [-0.2, -0.15) is 0 Å². The van der Waals surface area contributed by atoms with Crippen molar-refractivity contribution in [1.82, 2.24) is 0 Å². The Balaban J connectivity index is 1.42. The van der Waals surface area contributed by atoms with Gasteiger partial charge in [-0.1, -0.05) is 85.6 Å². The van der Waals surface area contributed by atoms with Gasteiger partial charge in [-0.3, -0.25) is 0 Å². The maximum Gasteiger partial charge on any atom is 0.0416 e. The molecule has 0 N–H and O–H groups in total. The van der Waals surface area contributed by atoms with E-state index in [9.17, 15) is 0 Å². The van der Waals surface area contributed by atoms with Gasteiger partial charge in [0.1, 0.15) is 0 Å². The van der Waals surface area contributed by atoms with Crippen LogP contribution in [0.4, 0.5) is 11.4 Å². The second kappa shape index (κ2) is 7.92. The number of hydrogen-bond acceptors (Lipinski definition) is 1. The summed E-state index contributed by atoms with van der Waals surface area (Å²) >= 11 is 0. The molecule has 1 fully saturated rings. The lowest BCUT2D eigenvalue weighted by Crippen LogP contribution is -2.26. The molecule has 2 aliphatic rings. The van der Waals surface area contributed by atoms with Gasteiger partial charge in [0.15, 0.2) is 0 Å². The zero-order chi connectivity index (χ0) is 22.4. The van der Waals surface area contributed by atoms with Crippen LogP contribution >= 0.6 is 0 Å². The van der Waals surface area contributed by atoms with Crippen LogP contribution in [0.15, 0.2) is 97.1 Å². The topological polar surface area (TPSA) is 3.24 Å². The highest BCUT2D eigenvalue weighted by atomic mass is 15.2. The molecule has 33 heavy (non-hydrogen) atoms. The minimum absolute atomic E-state index is 0.210. The van der Waals surface area contributed by atoms with E-state index in [-0.39, 0.29) is 5.41 Å². The van der Waals surface area contributed by atoms with E-state index in [1.165, 1.54) is 59.3 Å². The average Bonchev–Trinajstić information content (AvgIpc) is 3.45. The highest BCUT2D eigenvalue weighted by Gasteiger charge is 2.45. The number of anilines is 2. The molecule has 0 amide bonds. The number of hydrogen-bond donors (Lipinski definition) is 0. The maximum atomic E-state index is 2.51. The van der Waals surface area contributed by atoms with Crippen molar-refractivity contribution >= 4 is 11.4 Å². The van der Waals surface area contributed by atoms with E-state index in [4.69, 9.17) is 0 Å². The van der Waals surface area contributed by atoms with Crippen molar-refractivity contribution < 1.29 is 0 Å². The van der Waals surface area contributed by atoms with E-state index in [0.29, 0.717) is 6.04 Å². The van der Waals surface area contributed by atoms with Crippen LogP contribution < -0.4 is 4.90 Å². The Bertz CT molecular complexity index is 1280. The second-order valence-electron chi connectivity index (χ2n) is 9.94. The molecule has 1 nitrogen and oxygen atoms in total. The van der Waals surface area contributed by atoms with E-state index in [1.807, 2.05) is 0 Å². The van der Waals surface area contributed by atoms with Gasteiger partial charge in [0, 0.05) is 22.8 Å². The Hall–Kier alpha value is -3.32. The van der Waals surface area contributed by atoms with E-state index in [0.717, 1.165) is 0 Å². The fraction of sp³-hybridized carbons (Fsp3) is 0.250. The highest BCUT2D eigenvalue weighted by molar-refractivity contribution is 5.84. The van der Waals surface area contributed by atoms with E-state index in [2.05, 4.69) is 116 Å². The molecule has 0 bridgehead atoms. The Morgan fingerprint density at radius 3 is 1.94 bits per heavy atom. The summed E-state index contributed by atoms with van der Waals surface area (Å²) in [5.41, 5.74) is 11.3. The first kappa shape index (κ1) is 20.3. The average molecular weight is 430 g/mol. The number of rotatable bonds is 4. The lowest BCUT2D eigenvalue weighted by Gasteiger charge is -2.32. The lowest BCUT2D eigenvalue weighted by atomic mass is 9.76. The Labute approximate surface area is 197 Å². The predicted octanol–water partition coefficient (Wildman–Crippen LogP) is 8.74. The van der Waals surface area contributed by atoms with Crippen LogP contribution in [0, 0.1) is 0 Å². The summed E-state index contributed by atoms with van der Waals surface area (Å²) in [6.45, 7) is 4.58. The summed E-state index contributed by atoms with van der Waals surface area (Å²) in [6, 6.07) is 36.4. The maximum absolute atomic E-state index is 2.51. The van der Waals surface area contributed by atoms with Gasteiger partial charge in [0.2, 0.25) is 0 Å². The summed E-state index contributed by atoms with van der Waals surface area (Å²) in [5, 5.41) is 0. The van der Waals surface area contributed by atoms with Crippen molar-refractivity contribution in [3.05, 3.63) is 108 Å².